The Labute approximate surface area is 145 Å². The van der Waals surface area contributed by atoms with Crippen LogP contribution in [0, 0.1) is 20.8 Å². The van der Waals surface area contributed by atoms with Gasteiger partial charge < -0.3 is 10.1 Å². The van der Waals surface area contributed by atoms with Crippen LogP contribution in [0.2, 0.25) is 0 Å². The van der Waals surface area contributed by atoms with Gasteiger partial charge in [0, 0.05) is 5.38 Å². The molecule has 0 aliphatic heterocycles. The van der Waals surface area contributed by atoms with E-state index in [2.05, 4.69) is 15.6 Å². The van der Waals surface area contributed by atoms with Crippen LogP contribution < -0.4 is 10.6 Å². The number of anilines is 1. The number of carbonyl (C=O) groups is 2. The molecule has 0 bridgehead atoms. The van der Waals surface area contributed by atoms with Crippen molar-refractivity contribution < 1.29 is 14.3 Å². The summed E-state index contributed by atoms with van der Waals surface area (Å²) in [4.78, 5) is 28.4. The molecule has 7 heteroatoms. The highest BCUT2D eigenvalue weighted by Crippen LogP contribution is 2.23. The van der Waals surface area contributed by atoms with Crippen molar-refractivity contribution in [3.8, 4) is 0 Å². The maximum Gasteiger partial charge on any atom is 0.327 e. The van der Waals surface area contributed by atoms with E-state index in [0.717, 1.165) is 22.4 Å². The maximum atomic E-state index is 12.2. The van der Waals surface area contributed by atoms with E-state index < -0.39 is 12.0 Å². The van der Waals surface area contributed by atoms with Crippen LogP contribution in [0.25, 0.3) is 0 Å². The molecule has 1 atom stereocenters. The van der Waals surface area contributed by atoms with Crippen molar-refractivity contribution in [2.75, 3.05) is 19.0 Å². The van der Waals surface area contributed by atoms with Crippen LogP contribution in [0.1, 0.15) is 28.4 Å². The van der Waals surface area contributed by atoms with Crippen molar-refractivity contribution in [1.29, 1.82) is 0 Å². The molecule has 1 amide bonds. The van der Waals surface area contributed by atoms with Crippen LogP contribution >= 0.6 is 11.3 Å². The molecule has 0 saturated heterocycles. The molecular weight excluding hydrogens is 326 g/mol. The Hall–Kier alpha value is -2.25. The summed E-state index contributed by atoms with van der Waals surface area (Å²) < 4.78 is 4.89. The number of hydrogen-bond acceptors (Lipinski definition) is 6. The Balaban J connectivity index is 2.09. The lowest BCUT2D eigenvalue weighted by Gasteiger charge is -2.20. The SMILES string of the molecule is COC(=O)[C@@H](NCC(=O)Nc1nc(C)cs1)c1c(C)cccc1C. The van der Waals surface area contributed by atoms with E-state index in [4.69, 9.17) is 4.74 Å². The Morgan fingerprint density at radius 3 is 2.46 bits per heavy atom. The molecule has 0 unspecified atom stereocenters. The minimum absolute atomic E-state index is 0.0217. The molecule has 2 rings (SSSR count). The van der Waals surface area contributed by atoms with Gasteiger partial charge in [-0.15, -0.1) is 11.3 Å². The van der Waals surface area contributed by atoms with E-state index in [1.807, 2.05) is 44.4 Å². The molecule has 1 aromatic carbocycles. The fraction of sp³-hybridized carbons (Fsp3) is 0.353. The standard InChI is InChI=1S/C17H21N3O3S/c1-10-6-5-7-11(2)14(10)15(16(22)23-4)18-8-13(21)20-17-19-12(3)9-24-17/h5-7,9,15,18H,8H2,1-4H3,(H,19,20,21)/t15-/m0/s1. The van der Waals surface area contributed by atoms with Gasteiger partial charge in [0.25, 0.3) is 0 Å². The smallest absolute Gasteiger partial charge is 0.327 e. The second-order valence-corrected chi connectivity index (χ2v) is 6.34. The lowest BCUT2D eigenvalue weighted by molar-refractivity contribution is -0.143. The molecule has 0 aliphatic rings. The minimum Gasteiger partial charge on any atom is -0.468 e. The lowest BCUT2D eigenvalue weighted by Crippen LogP contribution is -2.36. The fourth-order valence-corrected chi connectivity index (χ4v) is 3.18. The van der Waals surface area contributed by atoms with Gasteiger partial charge in [-0.25, -0.2) is 9.78 Å². The van der Waals surface area contributed by atoms with Gasteiger partial charge in [-0.2, -0.15) is 0 Å². The molecule has 1 aromatic heterocycles. The highest BCUT2D eigenvalue weighted by Gasteiger charge is 2.25. The third kappa shape index (κ3) is 4.39. The first-order valence-corrected chi connectivity index (χ1v) is 8.39. The van der Waals surface area contributed by atoms with E-state index >= 15 is 0 Å². The van der Waals surface area contributed by atoms with Crippen LogP contribution in [0.4, 0.5) is 5.13 Å². The molecule has 128 valence electrons. The number of thiazole rings is 1. The fourth-order valence-electron chi connectivity index (χ4n) is 2.47. The number of nitrogens with zero attached hydrogens (tertiary/aromatic N) is 1. The maximum absolute atomic E-state index is 12.2. The summed E-state index contributed by atoms with van der Waals surface area (Å²) in [5, 5.41) is 8.10. The van der Waals surface area contributed by atoms with Crippen LogP contribution in [0.5, 0.6) is 0 Å². The molecular formula is C17H21N3O3S. The van der Waals surface area contributed by atoms with Crippen LogP contribution in [0.3, 0.4) is 0 Å². The largest absolute Gasteiger partial charge is 0.468 e. The Kier molecular flexibility index (Phi) is 6.05. The zero-order valence-electron chi connectivity index (χ0n) is 14.2. The van der Waals surface area contributed by atoms with Gasteiger partial charge in [-0.1, -0.05) is 18.2 Å². The van der Waals surface area contributed by atoms with Gasteiger partial charge in [0.1, 0.15) is 6.04 Å². The predicted molar refractivity (Wildman–Crippen MR) is 94.2 cm³/mol. The number of esters is 1. The monoisotopic (exact) mass is 347 g/mol. The molecule has 6 nitrogen and oxygen atoms in total. The Morgan fingerprint density at radius 2 is 1.92 bits per heavy atom. The number of amides is 1. The van der Waals surface area contributed by atoms with Crippen molar-refractivity contribution >= 4 is 28.3 Å². The third-order valence-electron chi connectivity index (χ3n) is 3.60. The number of benzene rings is 1. The normalized spacial score (nSPS) is 11.8. The molecule has 0 saturated carbocycles. The summed E-state index contributed by atoms with van der Waals surface area (Å²) in [5.41, 5.74) is 3.62. The number of carbonyl (C=O) groups excluding carboxylic acids is 2. The molecule has 0 fully saturated rings. The summed E-state index contributed by atoms with van der Waals surface area (Å²) in [6.07, 6.45) is 0. The van der Waals surface area contributed by atoms with Gasteiger partial charge in [-0.3, -0.25) is 10.1 Å². The molecule has 1 heterocycles. The number of aryl methyl sites for hydroxylation is 3. The van der Waals surface area contributed by atoms with E-state index in [1.165, 1.54) is 18.4 Å². The third-order valence-corrected chi connectivity index (χ3v) is 4.48. The van der Waals surface area contributed by atoms with E-state index in [9.17, 15) is 9.59 Å². The van der Waals surface area contributed by atoms with Crippen molar-refractivity contribution in [3.05, 3.63) is 46.0 Å². The van der Waals surface area contributed by atoms with Crippen LogP contribution in [0.15, 0.2) is 23.6 Å². The molecule has 2 aromatic rings. The zero-order chi connectivity index (χ0) is 17.7. The average molecular weight is 347 g/mol. The van der Waals surface area contributed by atoms with Gasteiger partial charge in [-0.05, 0) is 37.5 Å². The number of hydrogen-bond donors (Lipinski definition) is 2. The molecule has 0 aliphatic carbocycles. The predicted octanol–water partition coefficient (Wildman–Crippen LogP) is 2.51. The number of methoxy groups -OCH3 is 1. The number of ether oxygens (including phenoxy) is 1. The quantitative estimate of drug-likeness (QED) is 0.785. The van der Waals surface area contributed by atoms with Crippen molar-refractivity contribution in [2.24, 2.45) is 0 Å². The van der Waals surface area contributed by atoms with Crippen molar-refractivity contribution in [2.45, 2.75) is 26.8 Å². The first-order chi connectivity index (χ1) is 11.4. The lowest BCUT2D eigenvalue weighted by atomic mass is 9.96. The van der Waals surface area contributed by atoms with Crippen LogP contribution in [-0.2, 0) is 14.3 Å². The summed E-state index contributed by atoms with van der Waals surface area (Å²) in [6.45, 7) is 5.70. The highest BCUT2D eigenvalue weighted by atomic mass is 32.1. The Morgan fingerprint density at radius 1 is 1.25 bits per heavy atom. The minimum atomic E-state index is -0.694. The summed E-state index contributed by atoms with van der Waals surface area (Å²) in [5.74, 6) is -0.685. The molecule has 24 heavy (non-hydrogen) atoms. The second-order valence-electron chi connectivity index (χ2n) is 5.48. The van der Waals surface area contributed by atoms with Gasteiger partial charge in [0.15, 0.2) is 5.13 Å². The highest BCUT2D eigenvalue weighted by molar-refractivity contribution is 7.13. The van der Waals surface area contributed by atoms with Gasteiger partial charge in [0.05, 0.1) is 19.3 Å². The Bertz CT molecular complexity index is 722. The average Bonchev–Trinajstić information content (AvgIpc) is 2.94. The summed E-state index contributed by atoms with van der Waals surface area (Å²) >= 11 is 1.36. The number of aromatic nitrogens is 1. The summed E-state index contributed by atoms with van der Waals surface area (Å²) in [6, 6.07) is 5.09. The molecule has 2 N–H and O–H groups in total. The van der Waals surface area contributed by atoms with E-state index in [-0.39, 0.29) is 12.5 Å². The second kappa shape index (κ2) is 8.03. The van der Waals surface area contributed by atoms with Crippen molar-refractivity contribution in [3.63, 3.8) is 0 Å². The van der Waals surface area contributed by atoms with E-state index in [0.29, 0.717) is 5.13 Å². The van der Waals surface area contributed by atoms with E-state index in [1.54, 1.807) is 0 Å². The van der Waals surface area contributed by atoms with Crippen molar-refractivity contribution in [1.82, 2.24) is 10.3 Å². The molecule has 0 radical (unpaired) electrons. The first-order valence-electron chi connectivity index (χ1n) is 7.51. The van der Waals surface area contributed by atoms with Gasteiger partial charge >= 0.3 is 5.97 Å². The number of rotatable bonds is 6. The molecule has 0 spiro atoms. The topological polar surface area (TPSA) is 80.3 Å². The number of nitrogens with one attached hydrogen (secondary N) is 2. The van der Waals surface area contributed by atoms with Gasteiger partial charge in [0.2, 0.25) is 5.91 Å². The summed E-state index contributed by atoms with van der Waals surface area (Å²) in [7, 11) is 1.34. The van der Waals surface area contributed by atoms with Crippen LogP contribution in [-0.4, -0.2) is 30.5 Å². The first kappa shape index (κ1) is 18.1. The zero-order valence-corrected chi connectivity index (χ0v) is 15.0.